The van der Waals surface area contributed by atoms with E-state index < -0.39 is 0 Å². The summed E-state index contributed by atoms with van der Waals surface area (Å²) in [5, 5.41) is 2.37. The molecule has 3 rings (SSSR count). The van der Waals surface area contributed by atoms with Crippen LogP contribution < -0.4 is 4.57 Å². The summed E-state index contributed by atoms with van der Waals surface area (Å²) in [6.07, 6.45) is 6.21. The Bertz CT molecular complexity index is 838. The van der Waals surface area contributed by atoms with E-state index in [2.05, 4.69) is 54.2 Å². The van der Waals surface area contributed by atoms with Crippen molar-refractivity contribution in [3.63, 3.8) is 0 Å². The second kappa shape index (κ2) is 5.88. The van der Waals surface area contributed by atoms with Crippen molar-refractivity contribution < 1.29 is 4.57 Å². The van der Waals surface area contributed by atoms with E-state index in [4.69, 9.17) is 23.2 Å². The van der Waals surface area contributed by atoms with Crippen molar-refractivity contribution in [3.05, 3.63) is 75.9 Å². The van der Waals surface area contributed by atoms with Crippen LogP contribution in [-0.4, -0.2) is 0 Å². The number of rotatable bonds is 2. The maximum atomic E-state index is 6.04. The molecule has 0 aliphatic heterocycles. The topological polar surface area (TPSA) is 3.88 Å². The van der Waals surface area contributed by atoms with Gasteiger partial charge in [0.1, 0.15) is 7.05 Å². The maximum Gasteiger partial charge on any atom is 0.212 e. The second-order valence-corrected chi connectivity index (χ2v) is 5.72. The van der Waals surface area contributed by atoms with E-state index in [9.17, 15) is 0 Å². The third-order valence-electron chi connectivity index (χ3n) is 3.47. The number of halogens is 2. The van der Waals surface area contributed by atoms with Gasteiger partial charge in [-0.25, -0.2) is 4.57 Å². The molecule has 1 heterocycles. The molecule has 0 radical (unpaired) electrons. The SMILES string of the molecule is C[n+]1ccc(C=Cc2ccc(Cl)c(Cl)c2)c2ccccc21. The first kappa shape index (κ1) is 14.1. The number of pyridine rings is 1. The Labute approximate surface area is 134 Å². The molecule has 0 N–H and O–H groups in total. The van der Waals surface area contributed by atoms with Crippen molar-refractivity contribution in [1.29, 1.82) is 0 Å². The predicted molar refractivity (Wildman–Crippen MR) is 90.5 cm³/mol. The largest absolute Gasteiger partial charge is 0.212 e. The minimum atomic E-state index is 0.572. The van der Waals surface area contributed by atoms with E-state index in [-0.39, 0.29) is 0 Å². The summed E-state index contributed by atoms with van der Waals surface area (Å²) in [7, 11) is 2.05. The normalized spacial score (nSPS) is 11.4. The lowest BCUT2D eigenvalue weighted by atomic mass is 10.1. The zero-order valence-electron chi connectivity index (χ0n) is 11.6. The van der Waals surface area contributed by atoms with Crippen LogP contribution in [0.25, 0.3) is 23.1 Å². The van der Waals surface area contributed by atoms with E-state index in [1.807, 2.05) is 24.3 Å². The average molecular weight is 315 g/mol. The third kappa shape index (κ3) is 2.94. The highest BCUT2D eigenvalue weighted by Crippen LogP contribution is 2.24. The smallest absolute Gasteiger partial charge is 0.201 e. The first-order chi connectivity index (χ1) is 10.1. The molecule has 0 saturated carbocycles. The fourth-order valence-corrected chi connectivity index (χ4v) is 2.64. The van der Waals surface area contributed by atoms with Crippen LogP contribution in [0.1, 0.15) is 11.1 Å². The summed E-state index contributed by atoms with van der Waals surface area (Å²) >= 11 is 12.0. The van der Waals surface area contributed by atoms with Gasteiger partial charge in [0.05, 0.1) is 15.4 Å². The number of para-hydroxylation sites is 1. The standard InChI is InChI=1S/C18H14Cl2N/c1-21-11-10-14(15-4-2-3-5-18(15)21)8-6-13-7-9-16(19)17(20)12-13/h2-12H,1H3/q+1. The molecule has 0 fully saturated rings. The van der Waals surface area contributed by atoms with Crippen LogP contribution in [0.3, 0.4) is 0 Å². The molecule has 3 aromatic rings. The molecule has 0 atom stereocenters. The van der Waals surface area contributed by atoms with E-state index in [0.717, 1.165) is 5.56 Å². The molecule has 0 aliphatic rings. The number of hydrogen-bond donors (Lipinski definition) is 0. The van der Waals surface area contributed by atoms with Crippen LogP contribution in [-0.2, 0) is 7.05 Å². The second-order valence-electron chi connectivity index (χ2n) is 4.91. The molecule has 21 heavy (non-hydrogen) atoms. The van der Waals surface area contributed by atoms with Gasteiger partial charge >= 0.3 is 0 Å². The molecule has 2 aromatic carbocycles. The van der Waals surface area contributed by atoms with Gasteiger partial charge in [-0.3, -0.25) is 0 Å². The Morgan fingerprint density at radius 1 is 0.905 bits per heavy atom. The average Bonchev–Trinajstić information content (AvgIpc) is 2.50. The molecule has 0 spiro atoms. The highest BCUT2D eigenvalue weighted by molar-refractivity contribution is 6.42. The van der Waals surface area contributed by atoms with Crippen molar-refractivity contribution in [2.75, 3.05) is 0 Å². The minimum absolute atomic E-state index is 0.572. The van der Waals surface area contributed by atoms with Crippen LogP contribution >= 0.6 is 23.2 Å². The lowest BCUT2D eigenvalue weighted by Crippen LogP contribution is -2.28. The van der Waals surface area contributed by atoms with Crippen LogP contribution in [0, 0.1) is 0 Å². The number of aryl methyl sites for hydroxylation is 1. The van der Waals surface area contributed by atoms with Gasteiger partial charge in [0.15, 0.2) is 6.20 Å². The molecule has 1 aromatic heterocycles. The molecule has 0 amide bonds. The van der Waals surface area contributed by atoms with Gasteiger partial charge in [0, 0.05) is 12.1 Å². The molecule has 0 bridgehead atoms. The van der Waals surface area contributed by atoms with Crippen molar-refractivity contribution in [2.24, 2.45) is 7.05 Å². The number of nitrogens with zero attached hydrogens (tertiary/aromatic N) is 1. The minimum Gasteiger partial charge on any atom is -0.201 e. The Balaban J connectivity index is 2.03. The van der Waals surface area contributed by atoms with Crippen LogP contribution in [0.4, 0.5) is 0 Å². The first-order valence-electron chi connectivity index (χ1n) is 6.66. The summed E-state index contributed by atoms with van der Waals surface area (Å²) in [6, 6.07) is 16.1. The van der Waals surface area contributed by atoms with Crippen molar-refractivity contribution in [3.8, 4) is 0 Å². The monoisotopic (exact) mass is 314 g/mol. The quantitative estimate of drug-likeness (QED) is 0.576. The van der Waals surface area contributed by atoms with E-state index >= 15 is 0 Å². The van der Waals surface area contributed by atoms with Crippen molar-refractivity contribution >= 4 is 46.3 Å². The molecule has 0 unspecified atom stereocenters. The molecule has 104 valence electrons. The number of hydrogen-bond acceptors (Lipinski definition) is 0. The fourth-order valence-electron chi connectivity index (χ4n) is 2.33. The lowest BCUT2D eigenvalue weighted by molar-refractivity contribution is -0.644. The van der Waals surface area contributed by atoms with E-state index in [1.165, 1.54) is 16.5 Å². The molecule has 1 nitrogen and oxygen atoms in total. The third-order valence-corrected chi connectivity index (χ3v) is 4.21. The molecular formula is C18H14Cl2N+. The van der Waals surface area contributed by atoms with Gasteiger partial charge < -0.3 is 0 Å². The number of aromatic nitrogens is 1. The summed E-state index contributed by atoms with van der Waals surface area (Å²) in [5.74, 6) is 0. The van der Waals surface area contributed by atoms with Crippen LogP contribution in [0.5, 0.6) is 0 Å². The van der Waals surface area contributed by atoms with Gasteiger partial charge in [-0.1, -0.05) is 53.6 Å². The number of fused-ring (bicyclic) bond motifs is 1. The molecule has 3 heteroatoms. The predicted octanol–water partition coefficient (Wildman–Crippen LogP) is 5.14. The Morgan fingerprint density at radius 2 is 1.71 bits per heavy atom. The van der Waals surface area contributed by atoms with Gasteiger partial charge in [-0.05, 0) is 29.3 Å². The van der Waals surface area contributed by atoms with Gasteiger partial charge in [0.2, 0.25) is 5.52 Å². The summed E-state index contributed by atoms with van der Waals surface area (Å²) < 4.78 is 2.12. The number of benzene rings is 2. The summed E-state index contributed by atoms with van der Waals surface area (Å²) in [5.41, 5.74) is 3.41. The zero-order valence-corrected chi connectivity index (χ0v) is 13.1. The van der Waals surface area contributed by atoms with E-state index in [1.54, 1.807) is 0 Å². The molecule has 0 aliphatic carbocycles. The Kier molecular flexibility index (Phi) is 3.96. The summed E-state index contributed by atoms with van der Waals surface area (Å²) in [6.45, 7) is 0. The first-order valence-corrected chi connectivity index (χ1v) is 7.41. The van der Waals surface area contributed by atoms with Crippen LogP contribution in [0.15, 0.2) is 54.7 Å². The molecule has 0 saturated heterocycles. The van der Waals surface area contributed by atoms with Crippen LogP contribution in [0.2, 0.25) is 10.0 Å². The fraction of sp³-hybridized carbons (Fsp3) is 0.0556. The Morgan fingerprint density at radius 3 is 2.52 bits per heavy atom. The van der Waals surface area contributed by atoms with Crippen molar-refractivity contribution in [1.82, 2.24) is 0 Å². The zero-order chi connectivity index (χ0) is 14.8. The summed E-state index contributed by atoms with van der Waals surface area (Å²) in [4.78, 5) is 0. The van der Waals surface area contributed by atoms with Gasteiger partial charge in [-0.2, -0.15) is 0 Å². The Hall–Kier alpha value is -1.83. The van der Waals surface area contributed by atoms with E-state index in [0.29, 0.717) is 10.0 Å². The molecular weight excluding hydrogens is 301 g/mol. The lowest BCUT2D eigenvalue weighted by Gasteiger charge is -2.01. The maximum absolute atomic E-state index is 6.04. The highest BCUT2D eigenvalue weighted by Gasteiger charge is 2.06. The van der Waals surface area contributed by atoms with Gasteiger partial charge in [-0.15, -0.1) is 0 Å². The van der Waals surface area contributed by atoms with Gasteiger partial charge in [0.25, 0.3) is 0 Å². The van der Waals surface area contributed by atoms with Crippen molar-refractivity contribution in [2.45, 2.75) is 0 Å². The highest BCUT2D eigenvalue weighted by atomic mass is 35.5.